The van der Waals surface area contributed by atoms with Crippen molar-refractivity contribution in [1.82, 2.24) is 0 Å². The van der Waals surface area contributed by atoms with E-state index >= 15 is 0 Å². The number of benzene rings is 1. The highest BCUT2D eigenvalue weighted by molar-refractivity contribution is 9.10. The Morgan fingerprint density at radius 3 is 2.71 bits per heavy atom. The van der Waals surface area contributed by atoms with Crippen LogP contribution in [0.2, 0.25) is 0 Å². The minimum atomic E-state index is -1.21. The van der Waals surface area contributed by atoms with E-state index in [1.165, 1.54) is 19.2 Å². The zero-order valence-corrected chi connectivity index (χ0v) is 9.08. The second-order valence-electron chi connectivity index (χ2n) is 2.72. The zero-order valence-electron chi connectivity index (χ0n) is 7.50. The molecule has 0 fully saturated rings. The highest BCUT2D eigenvalue weighted by atomic mass is 79.9. The molecule has 0 amide bonds. The molecule has 2 N–H and O–H groups in total. The van der Waals surface area contributed by atoms with Gasteiger partial charge in [0.25, 0.3) is 0 Å². The maximum Gasteiger partial charge on any atom is 0.160 e. The van der Waals surface area contributed by atoms with Crippen LogP contribution in [0.15, 0.2) is 16.6 Å². The van der Waals surface area contributed by atoms with Crippen LogP contribution in [-0.4, -0.2) is 24.0 Å². The molecule has 1 rings (SSSR count). The number of aliphatic hydroxyl groups is 1. The van der Waals surface area contributed by atoms with Crippen molar-refractivity contribution in [2.24, 2.45) is 0 Å². The Morgan fingerprint density at radius 2 is 2.21 bits per heavy atom. The largest absolute Gasteiger partial charge is 0.504 e. The molecule has 0 aliphatic rings. The molecular weight excluding hydrogens is 255 g/mol. The first-order chi connectivity index (χ1) is 6.60. The van der Waals surface area contributed by atoms with Crippen LogP contribution in [0.3, 0.4) is 0 Å². The third kappa shape index (κ3) is 2.16. The third-order valence-corrected chi connectivity index (χ3v) is 2.49. The lowest BCUT2D eigenvalue weighted by Crippen LogP contribution is -2.01. The molecule has 0 aromatic heterocycles. The summed E-state index contributed by atoms with van der Waals surface area (Å²) in [6.45, 7) is -0.882. The number of alkyl halides is 1. The van der Waals surface area contributed by atoms with Crippen molar-refractivity contribution in [3.8, 4) is 11.5 Å². The number of halogens is 2. The summed E-state index contributed by atoms with van der Waals surface area (Å²) in [7, 11) is 1.38. The Morgan fingerprint density at radius 1 is 1.57 bits per heavy atom. The Bertz CT molecular complexity index is 330. The molecule has 0 spiro atoms. The first-order valence-corrected chi connectivity index (χ1v) is 4.70. The summed E-state index contributed by atoms with van der Waals surface area (Å²) in [6.07, 6.45) is -1.21. The standard InChI is InChI=1S/C9H10BrFO3/c1-14-9-2-5(8(13)4-11)6(10)3-7(9)12/h2-3,8,12-13H,4H2,1H3. The zero-order chi connectivity index (χ0) is 10.7. The summed E-state index contributed by atoms with van der Waals surface area (Å²) in [5, 5.41) is 18.6. The summed E-state index contributed by atoms with van der Waals surface area (Å²) in [5.41, 5.74) is 0.349. The van der Waals surface area contributed by atoms with Gasteiger partial charge in [0.15, 0.2) is 11.5 Å². The third-order valence-electron chi connectivity index (χ3n) is 1.80. The van der Waals surface area contributed by atoms with Crippen LogP contribution in [0.1, 0.15) is 11.7 Å². The molecule has 1 atom stereocenters. The van der Waals surface area contributed by atoms with Gasteiger partial charge < -0.3 is 14.9 Å². The number of methoxy groups -OCH3 is 1. The quantitative estimate of drug-likeness (QED) is 0.880. The summed E-state index contributed by atoms with van der Waals surface area (Å²) in [4.78, 5) is 0. The van der Waals surface area contributed by atoms with Crippen molar-refractivity contribution in [2.75, 3.05) is 13.8 Å². The minimum Gasteiger partial charge on any atom is -0.504 e. The van der Waals surface area contributed by atoms with Gasteiger partial charge in [-0.2, -0.15) is 0 Å². The van der Waals surface area contributed by atoms with E-state index in [-0.39, 0.29) is 11.5 Å². The van der Waals surface area contributed by atoms with Crippen molar-refractivity contribution in [3.63, 3.8) is 0 Å². The van der Waals surface area contributed by atoms with E-state index in [0.29, 0.717) is 10.0 Å². The van der Waals surface area contributed by atoms with E-state index in [4.69, 9.17) is 4.74 Å². The summed E-state index contributed by atoms with van der Waals surface area (Å²) in [6, 6.07) is 2.75. The molecule has 0 radical (unpaired) electrons. The molecule has 0 bridgehead atoms. The van der Waals surface area contributed by atoms with Crippen LogP contribution in [-0.2, 0) is 0 Å². The summed E-state index contributed by atoms with van der Waals surface area (Å²) < 4.78 is 17.5. The predicted molar refractivity (Wildman–Crippen MR) is 53.3 cm³/mol. The van der Waals surface area contributed by atoms with Crippen LogP contribution < -0.4 is 4.74 Å². The average molecular weight is 265 g/mol. The molecule has 1 aromatic rings. The number of hydrogen-bond acceptors (Lipinski definition) is 3. The lowest BCUT2D eigenvalue weighted by atomic mass is 10.1. The number of phenols is 1. The number of ether oxygens (including phenoxy) is 1. The maximum atomic E-state index is 12.2. The molecular formula is C9H10BrFO3. The smallest absolute Gasteiger partial charge is 0.160 e. The maximum absolute atomic E-state index is 12.2. The number of rotatable bonds is 3. The van der Waals surface area contributed by atoms with Crippen molar-refractivity contribution >= 4 is 15.9 Å². The van der Waals surface area contributed by atoms with Gasteiger partial charge in [0.1, 0.15) is 12.8 Å². The average Bonchev–Trinajstić information content (AvgIpc) is 2.17. The first-order valence-electron chi connectivity index (χ1n) is 3.90. The molecule has 0 saturated heterocycles. The predicted octanol–water partition coefficient (Wildman–Crippen LogP) is 2.17. The monoisotopic (exact) mass is 264 g/mol. The molecule has 3 nitrogen and oxygen atoms in total. The van der Waals surface area contributed by atoms with E-state index in [2.05, 4.69) is 15.9 Å². The van der Waals surface area contributed by atoms with Gasteiger partial charge in [-0.05, 0) is 12.1 Å². The Kier molecular flexibility index (Phi) is 3.71. The number of aromatic hydroxyl groups is 1. The lowest BCUT2D eigenvalue weighted by molar-refractivity contribution is 0.140. The minimum absolute atomic E-state index is 0.0609. The lowest BCUT2D eigenvalue weighted by Gasteiger charge is -2.12. The van der Waals surface area contributed by atoms with Crippen molar-refractivity contribution < 1.29 is 19.3 Å². The second-order valence-corrected chi connectivity index (χ2v) is 3.57. The Labute approximate surface area is 89.3 Å². The fourth-order valence-corrected chi connectivity index (χ4v) is 1.66. The van der Waals surface area contributed by atoms with Crippen LogP contribution in [0.4, 0.5) is 4.39 Å². The number of phenolic OH excluding ortho intramolecular Hbond substituents is 1. The van der Waals surface area contributed by atoms with Gasteiger partial charge in [0, 0.05) is 10.0 Å². The highest BCUT2D eigenvalue weighted by Crippen LogP contribution is 2.35. The van der Waals surface area contributed by atoms with E-state index in [9.17, 15) is 14.6 Å². The van der Waals surface area contributed by atoms with Crippen LogP contribution >= 0.6 is 15.9 Å². The summed E-state index contributed by atoms with van der Waals surface area (Å²) >= 11 is 3.11. The van der Waals surface area contributed by atoms with Gasteiger partial charge in [-0.15, -0.1) is 0 Å². The van der Waals surface area contributed by atoms with E-state index in [1.807, 2.05) is 0 Å². The van der Waals surface area contributed by atoms with E-state index in [1.54, 1.807) is 0 Å². The molecule has 78 valence electrons. The Hall–Kier alpha value is -0.810. The molecule has 14 heavy (non-hydrogen) atoms. The highest BCUT2D eigenvalue weighted by Gasteiger charge is 2.14. The van der Waals surface area contributed by atoms with Crippen LogP contribution in [0.5, 0.6) is 11.5 Å². The molecule has 0 heterocycles. The van der Waals surface area contributed by atoms with Gasteiger partial charge in [0.2, 0.25) is 0 Å². The number of aliphatic hydroxyl groups excluding tert-OH is 1. The van der Waals surface area contributed by atoms with Crippen molar-refractivity contribution in [2.45, 2.75) is 6.10 Å². The molecule has 1 unspecified atom stereocenters. The van der Waals surface area contributed by atoms with Gasteiger partial charge in [-0.1, -0.05) is 15.9 Å². The second kappa shape index (κ2) is 4.61. The molecule has 0 aliphatic carbocycles. The topological polar surface area (TPSA) is 49.7 Å². The molecule has 1 aromatic carbocycles. The SMILES string of the molecule is COc1cc(C(O)CF)c(Br)cc1O. The molecule has 5 heteroatoms. The molecule has 0 aliphatic heterocycles. The van der Waals surface area contributed by atoms with Gasteiger partial charge in [-0.25, -0.2) is 4.39 Å². The molecule has 0 saturated carbocycles. The van der Waals surface area contributed by atoms with E-state index in [0.717, 1.165) is 0 Å². The van der Waals surface area contributed by atoms with Gasteiger partial charge in [-0.3, -0.25) is 0 Å². The number of hydrogen-bond donors (Lipinski definition) is 2. The first kappa shape index (κ1) is 11.3. The fourth-order valence-electron chi connectivity index (χ4n) is 1.06. The normalized spacial score (nSPS) is 12.6. The van der Waals surface area contributed by atoms with Crippen molar-refractivity contribution in [3.05, 3.63) is 22.2 Å². The fraction of sp³-hybridized carbons (Fsp3) is 0.333. The van der Waals surface area contributed by atoms with Gasteiger partial charge >= 0.3 is 0 Å². The van der Waals surface area contributed by atoms with Gasteiger partial charge in [0.05, 0.1) is 7.11 Å². The van der Waals surface area contributed by atoms with Crippen LogP contribution in [0.25, 0.3) is 0 Å². The Balaban J connectivity index is 3.17. The summed E-state index contributed by atoms with van der Waals surface area (Å²) in [5.74, 6) is 0.143. The van der Waals surface area contributed by atoms with Crippen molar-refractivity contribution in [1.29, 1.82) is 0 Å². The van der Waals surface area contributed by atoms with Crippen LogP contribution in [0, 0.1) is 0 Å². The van der Waals surface area contributed by atoms with E-state index < -0.39 is 12.8 Å².